The molecule has 0 aromatic carbocycles. The number of nitrogens with zero attached hydrogens (tertiary/aromatic N) is 2. The summed E-state index contributed by atoms with van der Waals surface area (Å²) in [6, 6.07) is 0. The van der Waals surface area contributed by atoms with E-state index >= 15 is 0 Å². The smallest absolute Gasteiger partial charge is 0.219 e. The van der Waals surface area contributed by atoms with Crippen molar-refractivity contribution >= 4 is 0 Å². The van der Waals surface area contributed by atoms with E-state index in [9.17, 15) is 0 Å². The lowest BCUT2D eigenvalue weighted by molar-refractivity contribution is 0.389. The maximum absolute atomic E-state index is 5.55. The minimum atomic E-state index is 0.399. The number of hydrogen-bond donors (Lipinski definition) is 1. The molecule has 0 saturated carbocycles. The maximum atomic E-state index is 5.55. The topological polar surface area (TPSA) is 64.9 Å². The highest BCUT2D eigenvalue weighted by atomic mass is 16.4. The van der Waals surface area contributed by atoms with Gasteiger partial charge in [0.05, 0.1) is 0 Å². The van der Waals surface area contributed by atoms with Gasteiger partial charge in [-0.1, -0.05) is 26.2 Å². The van der Waals surface area contributed by atoms with E-state index in [1.54, 1.807) is 0 Å². The first-order valence-corrected chi connectivity index (χ1v) is 6.28. The van der Waals surface area contributed by atoms with Crippen LogP contribution in [-0.2, 0) is 0 Å². The molecule has 16 heavy (non-hydrogen) atoms. The summed E-state index contributed by atoms with van der Waals surface area (Å²) in [7, 11) is 0. The first-order valence-electron chi connectivity index (χ1n) is 6.28. The molecule has 0 radical (unpaired) electrons. The van der Waals surface area contributed by atoms with Crippen LogP contribution in [0.5, 0.6) is 0 Å². The van der Waals surface area contributed by atoms with Crippen LogP contribution in [0.15, 0.2) is 4.42 Å². The predicted octanol–water partition coefficient (Wildman–Crippen LogP) is 2.78. The molecule has 0 spiro atoms. The van der Waals surface area contributed by atoms with Crippen molar-refractivity contribution in [2.24, 2.45) is 5.73 Å². The Morgan fingerprint density at radius 2 is 1.94 bits per heavy atom. The van der Waals surface area contributed by atoms with Crippen molar-refractivity contribution in [3.8, 4) is 0 Å². The van der Waals surface area contributed by atoms with Gasteiger partial charge in [0, 0.05) is 12.8 Å². The van der Waals surface area contributed by atoms with Crippen LogP contribution in [0.1, 0.15) is 63.1 Å². The van der Waals surface area contributed by atoms with E-state index in [1.165, 1.54) is 19.3 Å². The molecular weight excluding hydrogens is 202 g/mol. The monoisotopic (exact) mass is 225 g/mol. The molecule has 2 N–H and O–H groups in total. The predicted molar refractivity (Wildman–Crippen MR) is 64.2 cm³/mol. The molecule has 1 unspecified atom stereocenters. The lowest BCUT2D eigenvalue weighted by atomic mass is 9.96. The third-order valence-corrected chi connectivity index (χ3v) is 2.80. The Morgan fingerprint density at radius 3 is 2.50 bits per heavy atom. The lowest BCUT2D eigenvalue weighted by Crippen LogP contribution is -2.05. The van der Waals surface area contributed by atoms with Crippen molar-refractivity contribution in [3.05, 3.63) is 11.8 Å². The van der Waals surface area contributed by atoms with Crippen LogP contribution in [0.25, 0.3) is 0 Å². The average Bonchev–Trinajstić information content (AvgIpc) is 2.70. The van der Waals surface area contributed by atoms with E-state index in [0.29, 0.717) is 11.8 Å². The summed E-state index contributed by atoms with van der Waals surface area (Å²) in [5, 5.41) is 8.02. The van der Waals surface area contributed by atoms with Crippen LogP contribution < -0.4 is 5.73 Å². The molecule has 0 aliphatic rings. The average molecular weight is 225 g/mol. The van der Waals surface area contributed by atoms with E-state index in [-0.39, 0.29) is 0 Å². The van der Waals surface area contributed by atoms with E-state index in [1.807, 2.05) is 6.92 Å². The summed E-state index contributed by atoms with van der Waals surface area (Å²) in [5.74, 6) is 1.85. The Labute approximate surface area is 97.6 Å². The van der Waals surface area contributed by atoms with Gasteiger partial charge in [-0.15, -0.1) is 10.2 Å². The lowest BCUT2D eigenvalue weighted by Gasteiger charge is -2.11. The van der Waals surface area contributed by atoms with Crippen LogP contribution in [0.4, 0.5) is 0 Å². The van der Waals surface area contributed by atoms with Crippen molar-refractivity contribution in [1.82, 2.24) is 10.2 Å². The minimum absolute atomic E-state index is 0.399. The molecule has 0 fully saturated rings. The first-order chi connectivity index (χ1) is 7.77. The molecule has 92 valence electrons. The Balaban J connectivity index is 2.49. The quantitative estimate of drug-likeness (QED) is 0.691. The number of hydrogen-bond acceptors (Lipinski definition) is 4. The van der Waals surface area contributed by atoms with Crippen molar-refractivity contribution in [2.45, 2.75) is 58.3 Å². The number of rotatable bonds is 8. The molecule has 1 rings (SSSR count). The van der Waals surface area contributed by atoms with Gasteiger partial charge in [0.25, 0.3) is 0 Å². The molecule has 0 aliphatic heterocycles. The van der Waals surface area contributed by atoms with Gasteiger partial charge >= 0.3 is 0 Å². The van der Waals surface area contributed by atoms with Gasteiger partial charge < -0.3 is 10.2 Å². The Bertz CT molecular complexity index is 286. The first kappa shape index (κ1) is 13.2. The number of nitrogens with two attached hydrogens (primary N) is 1. The van der Waals surface area contributed by atoms with Crippen LogP contribution in [0, 0.1) is 6.92 Å². The highest BCUT2D eigenvalue weighted by Gasteiger charge is 2.16. The Kier molecular flexibility index (Phi) is 6.08. The molecule has 1 aromatic heterocycles. The summed E-state index contributed by atoms with van der Waals surface area (Å²) in [6.45, 7) is 4.78. The van der Waals surface area contributed by atoms with Crippen LogP contribution >= 0.6 is 0 Å². The number of unbranched alkanes of at least 4 members (excludes halogenated alkanes) is 2. The largest absolute Gasteiger partial charge is 0.425 e. The van der Waals surface area contributed by atoms with Gasteiger partial charge in [0.15, 0.2) is 0 Å². The summed E-state index contributed by atoms with van der Waals surface area (Å²) in [5.41, 5.74) is 5.55. The zero-order valence-corrected chi connectivity index (χ0v) is 10.4. The highest BCUT2D eigenvalue weighted by molar-refractivity contribution is 4.90. The number of aromatic nitrogens is 2. The second-order valence-corrected chi connectivity index (χ2v) is 4.28. The molecule has 0 aliphatic carbocycles. The summed E-state index contributed by atoms with van der Waals surface area (Å²) >= 11 is 0. The molecule has 4 nitrogen and oxygen atoms in total. The highest BCUT2D eigenvalue weighted by Crippen LogP contribution is 2.25. The molecule has 1 aromatic rings. The van der Waals surface area contributed by atoms with E-state index in [4.69, 9.17) is 10.2 Å². The van der Waals surface area contributed by atoms with Gasteiger partial charge in [-0.05, 0) is 25.8 Å². The normalized spacial score (nSPS) is 12.9. The molecule has 1 atom stereocenters. The third-order valence-electron chi connectivity index (χ3n) is 2.80. The van der Waals surface area contributed by atoms with Crippen LogP contribution in [0.2, 0.25) is 0 Å². The maximum Gasteiger partial charge on any atom is 0.219 e. The Hall–Kier alpha value is -0.900. The van der Waals surface area contributed by atoms with Gasteiger partial charge in [0.1, 0.15) is 0 Å². The van der Waals surface area contributed by atoms with E-state index in [0.717, 1.165) is 31.7 Å². The second kappa shape index (κ2) is 7.39. The fraction of sp³-hybridized carbons (Fsp3) is 0.833. The standard InChI is InChI=1S/C12H23N3O/c1-3-4-5-7-11(8-6-9-13)12-15-14-10(2)16-12/h11H,3-9,13H2,1-2H3. The second-order valence-electron chi connectivity index (χ2n) is 4.28. The van der Waals surface area contributed by atoms with Crippen LogP contribution in [0.3, 0.4) is 0 Å². The molecule has 1 heterocycles. The summed E-state index contributed by atoms with van der Waals surface area (Å²) < 4.78 is 5.51. The van der Waals surface area contributed by atoms with Gasteiger partial charge in [0.2, 0.25) is 11.8 Å². The molecule has 0 saturated heterocycles. The molecule has 0 amide bonds. The fourth-order valence-corrected chi connectivity index (χ4v) is 1.87. The summed E-state index contributed by atoms with van der Waals surface area (Å²) in [6.07, 6.45) is 6.96. The zero-order chi connectivity index (χ0) is 11.8. The van der Waals surface area contributed by atoms with Gasteiger partial charge in [-0.25, -0.2) is 0 Å². The van der Waals surface area contributed by atoms with E-state index < -0.39 is 0 Å². The van der Waals surface area contributed by atoms with Crippen molar-refractivity contribution in [3.63, 3.8) is 0 Å². The van der Waals surface area contributed by atoms with Crippen molar-refractivity contribution in [1.29, 1.82) is 0 Å². The van der Waals surface area contributed by atoms with Gasteiger partial charge in [-0.3, -0.25) is 0 Å². The SMILES string of the molecule is CCCCCC(CCCN)c1nnc(C)o1. The zero-order valence-electron chi connectivity index (χ0n) is 10.4. The summed E-state index contributed by atoms with van der Waals surface area (Å²) in [4.78, 5) is 0. The van der Waals surface area contributed by atoms with Gasteiger partial charge in [-0.2, -0.15) is 0 Å². The fourth-order valence-electron chi connectivity index (χ4n) is 1.87. The molecular formula is C12H23N3O. The van der Waals surface area contributed by atoms with Crippen molar-refractivity contribution < 1.29 is 4.42 Å². The molecule has 0 bridgehead atoms. The minimum Gasteiger partial charge on any atom is -0.425 e. The molecule has 4 heteroatoms. The third kappa shape index (κ3) is 4.31. The van der Waals surface area contributed by atoms with Crippen LogP contribution in [-0.4, -0.2) is 16.7 Å². The Morgan fingerprint density at radius 1 is 1.19 bits per heavy atom. The van der Waals surface area contributed by atoms with E-state index in [2.05, 4.69) is 17.1 Å². The number of aryl methyl sites for hydroxylation is 1. The van der Waals surface area contributed by atoms with Crippen molar-refractivity contribution in [2.75, 3.05) is 6.54 Å².